The van der Waals surface area contributed by atoms with Gasteiger partial charge < -0.3 is 10.2 Å². The van der Waals surface area contributed by atoms with Gasteiger partial charge in [0, 0.05) is 30.6 Å². The normalized spacial score (nSPS) is 12.2. The maximum Gasteiger partial charge on any atom is 0.241 e. The fourth-order valence-corrected chi connectivity index (χ4v) is 4.84. The third-order valence-electron chi connectivity index (χ3n) is 4.87. The number of rotatable bonds is 8. The second-order valence-electron chi connectivity index (χ2n) is 7.26. The van der Waals surface area contributed by atoms with Gasteiger partial charge in [-0.25, -0.2) is 8.42 Å². The lowest BCUT2D eigenvalue weighted by atomic mass is 10.1. The number of nitrogens with one attached hydrogen (secondary N) is 2. The molecule has 0 aromatic heterocycles. The molecule has 0 aliphatic heterocycles. The Morgan fingerprint density at radius 2 is 1.68 bits per heavy atom. The van der Waals surface area contributed by atoms with E-state index in [2.05, 4.69) is 10.0 Å². The minimum atomic E-state index is -4.03. The summed E-state index contributed by atoms with van der Waals surface area (Å²) in [5.74, 6) is -0.553. The van der Waals surface area contributed by atoms with Gasteiger partial charge in [-0.2, -0.15) is 9.98 Å². The molecule has 2 N–H and O–H groups in total. The van der Waals surface area contributed by atoms with Gasteiger partial charge in [0.25, 0.3) is 0 Å². The molecule has 0 saturated carbocycles. The molecule has 7 nitrogen and oxygen atoms in total. The molecule has 0 bridgehead atoms. The first-order valence-corrected chi connectivity index (χ1v) is 11.2. The van der Waals surface area contributed by atoms with Crippen molar-refractivity contribution in [2.75, 3.05) is 25.5 Å². The first-order valence-electron chi connectivity index (χ1n) is 9.73. The van der Waals surface area contributed by atoms with Crippen LogP contribution >= 0.6 is 0 Å². The van der Waals surface area contributed by atoms with Gasteiger partial charge in [0.15, 0.2) is 0 Å². The summed E-state index contributed by atoms with van der Waals surface area (Å²) in [6.07, 6.45) is 0.158. The molecule has 0 saturated heterocycles. The predicted molar refractivity (Wildman–Crippen MR) is 121 cm³/mol. The van der Waals surface area contributed by atoms with Crippen LogP contribution in [0.3, 0.4) is 0 Å². The zero-order chi connectivity index (χ0) is 22.4. The lowest BCUT2D eigenvalue weighted by Crippen LogP contribution is -2.48. The average molecular weight is 437 g/mol. The summed E-state index contributed by atoms with van der Waals surface area (Å²) in [5, 5.41) is 12.6. The summed E-state index contributed by atoms with van der Waals surface area (Å²) in [4.78, 5) is 14.6. The van der Waals surface area contributed by atoms with Gasteiger partial charge in [-0.3, -0.25) is 4.79 Å². The molecular weight excluding hydrogens is 412 g/mol. The van der Waals surface area contributed by atoms with E-state index >= 15 is 0 Å². The number of hydrogen-bond acceptors (Lipinski definition) is 5. The molecule has 1 amide bonds. The number of benzene rings is 3. The van der Waals surface area contributed by atoms with Crippen molar-refractivity contribution in [1.29, 1.82) is 5.26 Å². The molecule has 0 aliphatic carbocycles. The molecule has 1 atom stereocenters. The first kappa shape index (κ1) is 22.3. The highest BCUT2D eigenvalue weighted by molar-refractivity contribution is 7.89. The van der Waals surface area contributed by atoms with Crippen LogP contribution in [0.1, 0.15) is 5.56 Å². The second-order valence-corrected chi connectivity index (χ2v) is 8.94. The third-order valence-corrected chi connectivity index (χ3v) is 6.40. The van der Waals surface area contributed by atoms with Gasteiger partial charge in [0.2, 0.25) is 15.9 Å². The van der Waals surface area contributed by atoms with Crippen LogP contribution in [0.2, 0.25) is 0 Å². The Morgan fingerprint density at radius 1 is 1.00 bits per heavy atom. The maximum atomic E-state index is 13.3. The number of sulfonamides is 1. The summed E-state index contributed by atoms with van der Waals surface area (Å²) < 4.78 is 29.2. The topological polar surface area (TPSA) is 102 Å². The highest BCUT2D eigenvalue weighted by Gasteiger charge is 2.27. The average Bonchev–Trinajstić information content (AvgIpc) is 2.76. The van der Waals surface area contributed by atoms with Crippen LogP contribution in [0.4, 0.5) is 5.69 Å². The largest absolute Gasteiger partial charge is 0.377 e. The van der Waals surface area contributed by atoms with Gasteiger partial charge >= 0.3 is 0 Å². The SMILES string of the molecule is CN(C)c1cccc2c(S(=O)(=O)NC(Cc3ccccc3)C(=O)NCC#N)cccc12. The Bertz CT molecular complexity index is 1220. The molecule has 0 aliphatic rings. The fourth-order valence-electron chi connectivity index (χ4n) is 3.43. The summed E-state index contributed by atoms with van der Waals surface area (Å²) in [5.41, 5.74) is 1.69. The Morgan fingerprint density at radius 3 is 2.35 bits per heavy atom. The Hall–Kier alpha value is -3.41. The molecule has 0 radical (unpaired) electrons. The van der Waals surface area contributed by atoms with Crippen molar-refractivity contribution >= 4 is 32.4 Å². The lowest BCUT2D eigenvalue weighted by molar-refractivity contribution is -0.122. The van der Waals surface area contributed by atoms with E-state index in [0.717, 1.165) is 16.6 Å². The molecule has 0 fully saturated rings. The van der Waals surface area contributed by atoms with E-state index in [9.17, 15) is 13.2 Å². The van der Waals surface area contributed by atoms with Crippen molar-refractivity contribution < 1.29 is 13.2 Å². The number of fused-ring (bicyclic) bond motifs is 1. The lowest BCUT2D eigenvalue weighted by Gasteiger charge is -2.20. The van der Waals surface area contributed by atoms with Gasteiger partial charge in [-0.05, 0) is 24.1 Å². The van der Waals surface area contributed by atoms with Crippen molar-refractivity contribution in [2.24, 2.45) is 0 Å². The summed E-state index contributed by atoms with van der Waals surface area (Å²) in [7, 11) is -0.246. The van der Waals surface area contributed by atoms with Crippen LogP contribution in [-0.2, 0) is 21.2 Å². The molecule has 160 valence electrons. The van der Waals surface area contributed by atoms with Crippen LogP contribution in [0, 0.1) is 11.3 Å². The van der Waals surface area contributed by atoms with Crippen LogP contribution in [0.15, 0.2) is 71.6 Å². The molecule has 1 unspecified atom stereocenters. The number of anilines is 1. The third kappa shape index (κ3) is 5.20. The zero-order valence-corrected chi connectivity index (χ0v) is 18.2. The first-order chi connectivity index (χ1) is 14.8. The molecule has 0 spiro atoms. The zero-order valence-electron chi connectivity index (χ0n) is 17.4. The Balaban J connectivity index is 2.00. The van der Waals surface area contributed by atoms with Gasteiger partial charge in [-0.15, -0.1) is 0 Å². The van der Waals surface area contributed by atoms with Gasteiger partial charge in [0.05, 0.1) is 11.0 Å². The van der Waals surface area contributed by atoms with E-state index in [1.165, 1.54) is 6.07 Å². The van der Waals surface area contributed by atoms with Crippen molar-refractivity contribution in [3.8, 4) is 6.07 Å². The van der Waals surface area contributed by atoms with Gasteiger partial charge in [-0.1, -0.05) is 54.6 Å². The van der Waals surface area contributed by atoms with Crippen molar-refractivity contribution in [3.05, 3.63) is 72.3 Å². The van der Waals surface area contributed by atoms with Crippen LogP contribution < -0.4 is 14.9 Å². The molecular formula is C23H24N4O3S. The van der Waals surface area contributed by atoms with Gasteiger partial charge in [0.1, 0.15) is 12.6 Å². The number of carbonyl (C=O) groups is 1. The molecule has 3 aromatic rings. The molecule has 3 rings (SSSR count). The monoisotopic (exact) mass is 436 g/mol. The van der Waals surface area contributed by atoms with Crippen LogP contribution in [0.5, 0.6) is 0 Å². The molecule has 0 heterocycles. The van der Waals surface area contributed by atoms with Crippen molar-refractivity contribution in [3.63, 3.8) is 0 Å². The minimum Gasteiger partial charge on any atom is -0.377 e. The van der Waals surface area contributed by atoms with E-state index < -0.39 is 22.0 Å². The number of nitrogens with zero attached hydrogens (tertiary/aromatic N) is 2. The predicted octanol–water partition coefficient (Wildman–Crippen LogP) is 2.44. The van der Waals surface area contributed by atoms with Crippen LogP contribution in [-0.4, -0.2) is 41.0 Å². The summed E-state index contributed by atoms with van der Waals surface area (Å²) in [6, 6.07) is 20.4. The quantitative estimate of drug-likeness (QED) is 0.528. The summed E-state index contributed by atoms with van der Waals surface area (Å²) >= 11 is 0. The maximum absolute atomic E-state index is 13.3. The number of hydrogen-bond donors (Lipinski definition) is 2. The van der Waals surface area contributed by atoms with E-state index in [1.54, 1.807) is 18.2 Å². The van der Waals surface area contributed by atoms with Crippen molar-refractivity contribution in [1.82, 2.24) is 10.0 Å². The Labute approximate surface area is 182 Å². The van der Waals surface area contributed by atoms with E-state index in [1.807, 2.05) is 67.5 Å². The minimum absolute atomic E-state index is 0.0971. The van der Waals surface area contributed by atoms with E-state index in [-0.39, 0.29) is 17.9 Å². The van der Waals surface area contributed by atoms with Crippen LogP contribution in [0.25, 0.3) is 10.8 Å². The fraction of sp³-hybridized carbons (Fsp3) is 0.217. The number of nitriles is 1. The molecule has 31 heavy (non-hydrogen) atoms. The highest BCUT2D eigenvalue weighted by atomic mass is 32.2. The molecule has 8 heteroatoms. The Kier molecular flexibility index (Phi) is 6.90. The second kappa shape index (κ2) is 9.60. The highest BCUT2D eigenvalue weighted by Crippen LogP contribution is 2.30. The smallest absolute Gasteiger partial charge is 0.241 e. The number of amides is 1. The standard InChI is InChI=1S/C23H24N4O3S/c1-27(2)21-12-6-11-19-18(21)10-7-13-22(19)31(29,30)26-20(23(28)25-15-14-24)16-17-8-4-3-5-9-17/h3-13,20,26H,15-16H2,1-2H3,(H,25,28). The van der Waals surface area contributed by atoms with E-state index in [0.29, 0.717) is 5.39 Å². The number of carbonyl (C=O) groups excluding carboxylic acids is 1. The van der Waals surface area contributed by atoms with E-state index in [4.69, 9.17) is 5.26 Å². The molecule has 3 aromatic carbocycles. The van der Waals surface area contributed by atoms with Crippen molar-refractivity contribution in [2.45, 2.75) is 17.4 Å². The summed E-state index contributed by atoms with van der Waals surface area (Å²) in [6.45, 7) is -0.202.